The quantitative estimate of drug-likeness (QED) is 0.479. The summed E-state index contributed by atoms with van der Waals surface area (Å²) in [5, 5.41) is 10.7. The number of ether oxygens (including phenoxy) is 1. The third kappa shape index (κ3) is 3.14. The fraction of sp³-hybridized carbons (Fsp3) is 0.808. The van der Waals surface area contributed by atoms with E-state index in [-0.39, 0.29) is 28.3 Å². The van der Waals surface area contributed by atoms with Gasteiger partial charge in [-0.15, -0.1) is 0 Å². The van der Waals surface area contributed by atoms with Crippen LogP contribution in [0.3, 0.4) is 0 Å². The number of hydrogen-bond donors (Lipinski definition) is 1. The number of aliphatic hydroxyl groups is 1. The molecule has 6 atom stereocenters. The second kappa shape index (κ2) is 7.25. The maximum atomic E-state index is 11.9. The molecule has 162 valence electrons. The zero-order chi connectivity index (χ0) is 21.0. The number of allylic oxidation sites excluding steroid dienone is 2. The predicted molar refractivity (Wildman–Crippen MR) is 116 cm³/mol. The van der Waals surface area contributed by atoms with Gasteiger partial charge in [0.1, 0.15) is 0 Å². The number of aliphatic hydroxyl groups excluding tert-OH is 1. The molecule has 1 N–H and O–H groups in total. The van der Waals surface area contributed by atoms with Gasteiger partial charge in [-0.2, -0.15) is 0 Å². The number of hydrogen-bond acceptors (Lipinski definition) is 3. The lowest BCUT2D eigenvalue weighted by Gasteiger charge is -2.60. The van der Waals surface area contributed by atoms with Crippen LogP contribution in [0.25, 0.3) is 0 Å². The summed E-state index contributed by atoms with van der Waals surface area (Å²) in [6.07, 6.45) is 13.1. The number of carbonyl (C=O) groups excluding carboxylic acids is 1. The first-order valence-electron chi connectivity index (χ1n) is 11.9. The highest BCUT2D eigenvalue weighted by Gasteiger charge is 2.59. The Morgan fingerprint density at radius 1 is 1.14 bits per heavy atom. The van der Waals surface area contributed by atoms with Gasteiger partial charge < -0.3 is 9.84 Å². The maximum Gasteiger partial charge on any atom is 0.309 e. The Labute approximate surface area is 177 Å². The van der Waals surface area contributed by atoms with Gasteiger partial charge in [0.2, 0.25) is 0 Å². The first-order valence-corrected chi connectivity index (χ1v) is 11.9. The minimum atomic E-state index is -0.212. The molecule has 29 heavy (non-hydrogen) atoms. The van der Waals surface area contributed by atoms with Crippen molar-refractivity contribution < 1.29 is 14.6 Å². The van der Waals surface area contributed by atoms with Crippen molar-refractivity contribution in [1.82, 2.24) is 0 Å². The molecule has 0 radical (unpaired) electrons. The van der Waals surface area contributed by atoms with Gasteiger partial charge in [-0.25, -0.2) is 0 Å². The average molecular weight is 401 g/mol. The van der Waals surface area contributed by atoms with E-state index in [4.69, 9.17) is 4.74 Å². The molecule has 0 unspecified atom stereocenters. The first kappa shape index (κ1) is 21.2. The minimum Gasteiger partial charge on any atom is -0.466 e. The molecule has 4 aliphatic carbocycles. The van der Waals surface area contributed by atoms with Gasteiger partial charge >= 0.3 is 5.97 Å². The van der Waals surface area contributed by atoms with Crippen molar-refractivity contribution in [2.75, 3.05) is 6.61 Å². The normalized spacial score (nSPS) is 44.5. The van der Waals surface area contributed by atoms with E-state index in [2.05, 4.69) is 39.8 Å². The number of fused-ring (bicyclic) bond motifs is 5. The summed E-state index contributed by atoms with van der Waals surface area (Å²) in [5.41, 5.74) is 3.43. The molecule has 4 rings (SSSR count). The van der Waals surface area contributed by atoms with Crippen LogP contribution in [0.4, 0.5) is 0 Å². The van der Waals surface area contributed by atoms with Crippen LogP contribution in [0.15, 0.2) is 23.3 Å². The van der Waals surface area contributed by atoms with E-state index >= 15 is 0 Å². The highest BCUT2D eigenvalue weighted by molar-refractivity contribution is 5.71. The molecule has 0 aromatic carbocycles. The zero-order valence-electron chi connectivity index (χ0n) is 19.1. The molecule has 0 heterocycles. The fourth-order valence-electron chi connectivity index (χ4n) is 8.00. The predicted octanol–water partition coefficient (Wildman–Crippen LogP) is 5.83. The van der Waals surface area contributed by atoms with Crippen molar-refractivity contribution in [3.8, 4) is 0 Å². The van der Waals surface area contributed by atoms with Crippen molar-refractivity contribution in [2.45, 2.75) is 92.1 Å². The molecule has 3 nitrogen and oxygen atoms in total. The van der Waals surface area contributed by atoms with Gasteiger partial charge in [0.25, 0.3) is 0 Å². The summed E-state index contributed by atoms with van der Waals surface area (Å²) in [6, 6.07) is 0. The van der Waals surface area contributed by atoms with Crippen LogP contribution in [0, 0.1) is 34.0 Å². The van der Waals surface area contributed by atoms with Crippen LogP contribution in [-0.2, 0) is 9.53 Å². The summed E-state index contributed by atoms with van der Waals surface area (Å²) in [4.78, 5) is 11.9. The largest absolute Gasteiger partial charge is 0.466 e. The molecule has 0 spiro atoms. The Balaban J connectivity index is 1.60. The minimum absolute atomic E-state index is 0.0958. The lowest BCUT2D eigenvalue weighted by molar-refractivity contribution is -0.142. The maximum absolute atomic E-state index is 11.9. The first-order chi connectivity index (χ1) is 13.6. The van der Waals surface area contributed by atoms with Crippen LogP contribution in [0.2, 0.25) is 0 Å². The van der Waals surface area contributed by atoms with Gasteiger partial charge in [0, 0.05) is 5.41 Å². The molecule has 3 heteroatoms. The van der Waals surface area contributed by atoms with Crippen molar-refractivity contribution in [2.24, 2.45) is 34.0 Å². The lowest BCUT2D eigenvalue weighted by atomic mass is 9.44. The smallest absolute Gasteiger partial charge is 0.309 e. The molecule has 0 aliphatic heterocycles. The summed E-state index contributed by atoms with van der Waals surface area (Å²) in [7, 11) is 0. The third-order valence-corrected chi connectivity index (χ3v) is 9.60. The van der Waals surface area contributed by atoms with Crippen molar-refractivity contribution in [1.29, 1.82) is 0 Å². The number of carbonyl (C=O) groups is 1. The highest BCUT2D eigenvalue weighted by atomic mass is 16.5. The summed E-state index contributed by atoms with van der Waals surface area (Å²) < 4.78 is 5.15. The van der Waals surface area contributed by atoms with Crippen LogP contribution in [0.5, 0.6) is 0 Å². The number of rotatable bonds is 3. The van der Waals surface area contributed by atoms with Gasteiger partial charge in [0.05, 0.1) is 19.1 Å². The molecule has 0 saturated heterocycles. The van der Waals surface area contributed by atoms with E-state index in [1.165, 1.54) is 30.4 Å². The second-order valence-electron chi connectivity index (χ2n) is 11.2. The monoisotopic (exact) mass is 400 g/mol. The summed E-state index contributed by atoms with van der Waals surface area (Å²) >= 11 is 0. The van der Waals surface area contributed by atoms with Crippen LogP contribution < -0.4 is 0 Å². The van der Waals surface area contributed by atoms with Gasteiger partial charge in [-0.05, 0) is 80.5 Å². The Morgan fingerprint density at radius 2 is 1.83 bits per heavy atom. The molecule has 4 aliphatic rings. The number of esters is 1. The third-order valence-electron chi connectivity index (χ3n) is 9.60. The SMILES string of the molecule is CCOC(=O)CC=C1CC[C@H]2[C@@H]3CC=C4C(C)(C)[C@@H](O)CC[C@]4(C)[C@H]3CC[C@]12C. The Hall–Kier alpha value is -1.09. The average Bonchev–Trinajstić information content (AvgIpc) is 3.00. The fourth-order valence-corrected chi connectivity index (χ4v) is 8.00. The van der Waals surface area contributed by atoms with Crippen molar-refractivity contribution >= 4 is 5.97 Å². The van der Waals surface area contributed by atoms with Gasteiger partial charge in [-0.3, -0.25) is 4.79 Å². The lowest BCUT2D eigenvalue weighted by Crippen LogP contribution is -2.54. The molecule has 3 saturated carbocycles. The van der Waals surface area contributed by atoms with Crippen LogP contribution in [-0.4, -0.2) is 23.8 Å². The van der Waals surface area contributed by atoms with Crippen LogP contribution >= 0.6 is 0 Å². The molecule has 0 aromatic heterocycles. The van der Waals surface area contributed by atoms with Gasteiger partial charge in [-0.1, -0.05) is 51.0 Å². The molecule has 0 amide bonds. The standard InChI is InChI=1S/C26H40O3/c1-6-29-23(28)12-8-17-7-10-19-18-9-11-21-24(2,3)22(27)14-16-26(21,5)20(18)13-15-25(17,19)4/h8,11,18-20,22,27H,6-7,9-10,12-16H2,1-5H3/t18-,19-,20-,22-,25+,26+/m0/s1. The van der Waals surface area contributed by atoms with E-state index in [1.807, 2.05) is 6.92 Å². The summed E-state index contributed by atoms with van der Waals surface area (Å²) in [6.45, 7) is 11.8. The van der Waals surface area contributed by atoms with Crippen molar-refractivity contribution in [3.05, 3.63) is 23.3 Å². The molecular formula is C26H40O3. The topological polar surface area (TPSA) is 46.5 Å². The molecule has 3 fully saturated rings. The molecule has 0 aromatic rings. The zero-order valence-corrected chi connectivity index (χ0v) is 19.1. The van der Waals surface area contributed by atoms with E-state index < -0.39 is 0 Å². The molecular weight excluding hydrogens is 360 g/mol. The van der Waals surface area contributed by atoms with E-state index in [9.17, 15) is 9.90 Å². The molecule has 0 bridgehead atoms. The van der Waals surface area contributed by atoms with E-state index in [0.29, 0.717) is 13.0 Å². The van der Waals surface area contributed by atoms with E-state index in [1.54, 1.807) is 0 Å². The Kier molecular flexibility index (Phi) is 5.29. The second-order valence-corrected chi connectivity index (χ2v) is 11.2. The van der Waals surface area contributed by atoms with Crippen molar-refractivity contribution in [3.63, 3.8) is 0 Å². The summed E-state index contributed by atoms with van der Waals surface area (Å²) in [5.74, 6) is 2.10. The Bertz CT molecular complexity index is 732. The van der Waals surface area contributed by atoms with E-state index in [0.717, 1.165) is 43.4 Å². The van der Waals surface area contributed by atoms with Crippen LogP contribution in [0.1, 0.15) is 86.0 Å². The highest BCUT2D eigenvalue weighted by Crippen LogP contribution is 2.68. The van der Waals surface area contributed by atoms with Gasteiger partial charge in [0.15, 0.2) is 0 Å². The Morgan fingerprint density at radius 3 is 2.55 bits per heavy atom.